The summed E-state index contributed by atoms with van der Waals surface area (Å²) in [4.78, 5) is 15.5. The lowest BCUT2D eigenvalue weighted by atomic mass is 10.1. The first kappa shape index (κ1) is 15.0. The quantitative estimate of drug-likeness (QED) is 0.686. The maximum absolute atomic E-state index is 11.2. The molecule has 0 fully saturated rings. The summed E-state index contributed by atoms with van der Waals surface area (Å²) >= 11 is 0. The van der Waals surface area contributed by atoms with E-state index in [1.807, 2.05) is 24.3 Å². The van der Waals surface area contributed by atoms with Crippen molar-refractivity contribution in [2.24, 2.45) is 5.73 Å². The second-order valence-corrected chi connectivity index (χ2v) is 5.35. The van der Waals surface area contributed by atoms with Crippen molar-refractivity contribution in [3.63, 3.8) is 0 Å². The molecule has 2 heterocycles. The Bertz CT molecular complexity index is 823. The third kappa shape index (κ3) is 3.15. The predicted octanol–water partition coefficient (Wildman–Crippen LogP) is 2.71. The summed E-state index contributed by atoms with van der Waals surface area (Å²) in [5.74, 6) is 0.384. The zero-order chi connectivity index (χ0) is 16.2. The fraction of sp³-hybridized carbons (Fsp3) is 0.235. The van der Waals surface area contributed by atoms with Crippen molar-refractivity contribution >= 4 is 17.4 Å². The number of amides is 1. The van der Waals surface area contributed by atoms with Crippen molar-refractivity contribution in [2.75, 3.05) is 11.9 Å². The van der Waals surface area contributed by atoms with E-state index >= 15 is 0 Å². The number of hydrogen-bond acceptors (Lipinski definition) is 4. The highest BCUT2D eigenvalue weighted by Crippen LogP contribution is 2.21. The number of nitrogens with zero attached hydrogens (tertiary/aromatic N) is 3. The van der Waals surface area contributed by atoms with Crippen LogP contribution in [0.1, 0.15) is 30.1 Å². The van der Waals surface area contributed by atoms with Crippen LogP contribution in [-0.2, 0) is 0 Å². The van der Waals surface area contributed by atoms with E-state index in [0.717, 1.165) is 42.1 Å². The fourth-order valence-corrected chi connectivity index (χ4v) is 2.36. The lowest BCUT2D eigenvalue weighted by molar-refractivity contribution is 0.100. The predicted molar refractivity (Wildman–Crippen MR) is 90.3 cm³/mol. The van der Waals surface area contributed by atoms with E-state index in [9.17, 15) is 4.79 Å². The molecule has 0 atom stereocenters. The second kappa shape index (κ2) is 6.48. The number of imidazole rings is 1. The number of carbonyl (C=O) groups excluding carboxylic acids is 1. The molecule has 6 nitrogen and oxygen atoms in total. The Labute approximate surface area is 134 Å². The summed E-state index contributed by atoms with van der Waals surface area (Å²) < 4.78 is 1.80. The first-order chi connectivity index (χ1) is 11.2. The summed E-state index contributed by atoms with van der Waals surface area (Å²) in [7, 11) is 0. The Hall–Kier alpha value is -2.89. The number of fused-ring (bicyclic) bond motifs is 1. The minimum atomic E-state index is -0.435. The summed E-state index contributed by atoms with van der Waals surface area (Å²) in [5.41, 5.74) is 8.34. The van der Waals surface area contributed by atoms with Crippen molar-refractivity contribution in [3.05, 3.63) is 48.2 Å². The SMILES string of the molecule is CCCCNc1ccc2ncc(-c3ccc(C(N)=O)cc3)n2n1. The van der Waals surface area contributed by atoms with Crippen LogP contribution in [0, 0.1) is 0 Å². The molecule has 3 rings (SSSR count). The molecule has 0 aliphatic rings. The van der Waals surface area contributed by atoms with Crippen LogP contribution in [0.5, 0.6) is 0 Å². The summed E-state index contributed by atoms with van der Waals surface area (Å²) in [6.45, 7) is 3.05. The molecule has 2 aromatic heterocycles. The molecule has 118 valence electrons. The summed E-state index contributed by atoms with van der Waals surface area (Å²) in [6.07, 6.45) is 4.01. The zero-order valence-electron chi connectivity index (χ0n) is 13.0. The maximum atomic E-state index is 11.2. The van der Waals surface area contributed by atoms with E-state index < -0.39 is 5.91 Å². The van der Waals surface area contributed by atoms with Gasteiger partial charge in [0, 0.05) is 17.7 Å². The molecule has 3 aromatic rings. The molecule has 0 radical (unpaired) electrons. The Morgan fingerprint density at radius 3 is 2.70 bits per heavy atom. The third-order valence-corrected chi connectivity index (χ3v) is 3.66. The van der Waals surface area contributed by atoms with Crippen molar-refractivity contribution in [2.45, 2.75) is 19.8 Å². The van der Waals surface area contributed by atoms with Gasteiger partial charge in [-0.15, -0.1) is 5.10 Å². The molecule has 6 heteroatoms. The number of carbonyl (C=O) groups is 1. The lowest BCUT2D eigenvalue weighted by Crippen LogP contribution is -2.10. The molecule has 3 N–H and O–H groups in total. The normalized spacial score (nSPS) is 10.8. The number of hydrogen-bond donors (Lipinski definition) is 2. The highest BCUT2D eigenvalue weighted by atomic mass is 16.1. The molecule has 0 saturated heterocycles. The van der Waals surface area contributed by atoms with E-state index in [-0.39, 0.29) is 0 Å². The van der Waals surface area contributed by atoms with E-state index in [0.29, 0.717) is 5.56 Å². The van der Waals surface area contributed by atoms with E-state index in [2.05, 4.69) is 22.3 Å². The third-order valence-electron chi connectivity index (χ3n) is 3.66. The lowest BCUT2D eigenvalue weighted by Gasteiger charge is -2.06. The van der Waals surface area contributed by atoms with Gasteiger partial charge in [0.15, 0.2) is 5.65 Å². The average molecular weight is 309 g/mol. The zero-order valence-corrected chi connectivity index (χ0v) is 13.0. The van der Waals surface area contributed by atoms with Gasteiger partial charge in [0.2, 0.25) is 5.91 Å². The minimum Gasteiger partial charge on any atom is -0.369 e. The molecule has 1 amide bonds. The van der Waals surface area contributed by atoms with Crippen LogP contribution in [0.2, 0.25) is 0 Å². The van der Waals surface area contributed by atoms with Gasteiger partial charge in [-0.3, -0.25) is 4.79 Å². The number of aromatic nitrogens is 3. The first-order valence-electron chi connectivity index (χ1n) is 7.68. The number of unbranched alkanes of at least 4 members (excludes halogenated alkanes) is 1. The highest BCUT2D eigenvalue weighted by Gasteiger charge is 2.09. The Balaban J connectivity index is 1.93. The van der Waals surface area contributed by atoms with Gasteiger partial charge in [-0.25, -0.2) is 9.50 Å². The van der Waals surface area contributed by atoms with Gasteiger partial charge < -0.3 is 11.1 Å². The molecule has 1 aromatic carbocycles. The number of nitrogens with two attached hydrogens (primary N) is 1. The van der Waals surface area contributed by atoms with Crippen molar-refractivity contribution in [1.29, 1.82) is 0 Å². The molecular formula is C17H19N5O. The van der Waals surface area contributed by atoms with Gasteiger partial charge in [-0.2, -0.15) is 0 Å². The van der Waals surface area contributed by atoms with Gasteiger partial charge in [0.05, 0.1) is 11.9 Å². The molecule has 0 spiro atoms. The molecular weight excluding hydrogens is 290 g/mol. The van der Waals surface area contributed by atoms with Crippen LogP contribution in [-0.4, -0.2) is 27.0 Å². The Morgan fingerprint density at radius 2 is 2.00 bits per heavy atom. The van der Waals surface area contributed by atoms with Crippen LogP contribution in [0.3, 0.4) is 0 Å². The monoisotopic (exact) mass is 309 g/mol. The summed E-state index contributed by atoms with van der Waals surface area (Å²) in [5, 5.41) is 7.90. The largest absolute Gasteiger partial charge is 0.369 e. The molecule has 23 heavy (non-hydrogen) atoms. The molecule has 0 saturated carbocycles. The van der Waals surface area contributed by atoms with Gasteiger partial charge in [0.25, 0.3) is 0 Å². The maximum Gasteiger partial charge on any atom is 0.248 e. The van der Waals surface area contributed by atoms with Gasteiger partial charge in [-0.05, 0) is 30.7 Å². The number of benzene rings is 1. The number of primary amides is 1. The van der Waals surface area contributed by atoms with E-state index in [4.69, 9.17) is 5.73 Å². The number of anilines is 1. The van der Waals surface area contributed by atoms with Crippen molar-refractivity contribution in [1.82, 2.24) is 14.6 Å². The van der Waals surface area contributed by atoms with E-state index in [1.165, 1.54) is 0 Å². The van der Waals surface area contributed by atoms with Crippen molar-refractivity contribution < 1.29 is 4.79 Å². The fourth-order valence-electron chi connectivity index (χ4n) is 2.36. The van der Waals surface area contributed by atoms with Crippen LogP contribution >= 0.6 is 0 Å². The standard InChI is InChI=1S/C17H19N5O/c1-2-3-10-19-15-8-9-16-20-11-14(22(16)21-15)12-4-6-13(7-5-12)17(18)23/h4-9,11H,2-3,10H2,1H3,(H2,18,23)(H,19,21). The van der Waals surface area contributed by atoms with Gasteiger partial charge in [0.1, 0.15) is 5.82 Å². The number of nitrogens with one attached hydrogen (secondary N) is 1. The molecule has 0 unspecified atom stereocenters. The smallest absolute Gasteiger partial charge is 0.248 e. The highest BCUT2D eigenvalue weighted by molar-refractivity contribution is 5.93. The number of rotatable bonds is 6. The van der Waals surface area contributed by atoms with Gasteiger partial charge >= 0.3 is 0 Å². The molecule has 0 aliphatic heterocycles. The molecule has 0 aliphatic carbocycles. The first-order valence-corrected chi connectivity index (χ1v) is 7.68. The molecule has 0 bridgehead atoms. The van der Waals surface area contributed by atoms with Crippen LogP contribution in [0.4, 0.5) is 5.82 Å². The Kier molecular flexibility index (Phi) is 4.23. The van der Waals surface area contributed by atoms with Crippen LogP contribution in [0.15, 0.2) is 42.6 Å². The second-order valence-electron chi connectivity index (χ2n) is 5.35. The van der Waals surface area contributed by atoms with E-state index in [1.54, 1.807) is 22.8 Å². The van der Waals surface area contributed by atoms with Crippen molar-refractivity contribution in [3.8, 4) is 11.3 Å². The summed E-state index contributed by atoms with van der Waals surface area (Å²) in [6, 6.07) is 11.0. The van der Waals surface area contributed by atoms with Crippen LogP contribution < -0.4 is 11.1 Å². The van der Waals surface area contributed by atoms with Gasteiger partial charge in [-0.1, -0.05) is 25.5 Å². The Morgan fingerprint density at radius 1 is 1.22 bits per heavy atom. The topological polar surface area (TPSA) is 85.3 Å². The minimum absolute atomic E-state index is 0.435. The average Bonchev–Trinajstić information content (AvgIpc) is 2.98. The van der Waals surface area contributed by atoms with Crippen LogP contribution in [0.25, 0.3) is 16.9 Å².